The molecule has 1 aromatic carbocycles. The number of sulfonamides is 1. The number of benzene rings is 1. The quantitative estimate of drug-likeness (QED) is 0.894. The molecule has 1 heterocycles. The van der Waals surface area contributed by atoms with Gasteiger partial charge in [0.25, 0.3) is 0 Å². The van der Waals surface area contributed by atoms with Gasteiger partial charge in [-0.2, -0.15) is 11.8 Å². The molecule has 0 bridgehead atoms. The summed E-state index contributed by atoms with van der Waals surface area (Å²) >= 11 is 1.76. The first-order chi connectivity index (χ1) is 9.40. The molecule has 1 aliphatic heterocycles. The summed E-state index contributed by atoms with van der Waals surface area (Å²) < 4.78 is 26.1. The van der Waals surface area contributed by atoms with Crippen LogP contribution in [0.4, 0.5) is 0 Å². The average molecular weight is 315 g/mol. The van der Waals surface area contributed by atoms with E-state index in [1.807, 2.05) is 0 Å². The van der Waals surface area contributed by atoms with Gasteiger partial charge < -0.3 is 5.11 Å². The van der Waals surface area contributed by atoms with Gasteiger partial charge >= 0.3 is 5.97 Å². The van der Waals surface area contributed by atoms with Gasteiger partial charge in [0.15, 0.2) is 0 Å². The summed E-state index contributed by atoms with van der Waals surface area (Å²) in [6.07, 6.45) is 0.871. The zero-order valence-corrected chi connectivity index (χ0v) is 12.8. The number of hydrogen-bond acceptors (Lipinski definition) is 4. The molecule has 1 N–H and O–H groups in total. The van der Waals surface area contributed by atoms with E-state index in [2.05, 4.69) is 0 Å². The van der Waals surface area contributed by atoms with Crippen molar-refractivity contribution in [3.8, 4) is 0 Å². The second-order valence-corrected chi connectivity index (χ2v) is 7.97. The van der Waals surface area contributed by atoms with Crippen molar-refractivity contribution in [3.63, 3.8) is 0 Å². The first-order valence-electron chi connectivity index (χ1n) is 6.26. The molecule has 1 atom stereocenters. The van der Waals surface area contributed by atoms with Crippen LogP contribution in [0, 0.1) is 0 Å². The van der Waals surface area contributed by atoms with Crippen LogP contribution >= 0.6 is 11.8 Å². The molecule has 1 aromatic rings. The molecule has 0 saturated carbocycles. The lowest BCUT2D eigenvalue weighted by molar-refractivity contribution is 0.0696. The molecule has 20 heavy (non-hydrogen) atoms. The summed E-state index contributed by atoms with van der Waals surface area (Å²) in [5, 5.41) is 8.93. The van der Waals surface area contributed by atoms with E-state index < -0.39 is 16.0 Å². The number of rotatable bonds is 5. The highest BCUT2D eigenvalue weighted by Gasteiger charge is 2.29. The molecule has 5 nitrogen and oxygen atoms in total. The van der Waals surface area contributed by atoms with Crippen molar-refractivity contribution < 1.29 is 18.3 Å². The fourth-order valence-corrected chi connectivity index (χ4v) is 4.94. The highest BCUT2D eigenvalue weighted by molar-refractivity contribution is 7.99. The predicted molar refractivity (Wildman–Crippen MR) is 79.5 cm³/mol. The summed E-state index contributed by atoms with van der Waals surface area (Å²) in [4.78, 5) is 10.9. The topological polar surface area (TPSA) is 74.7 Å². The van der Waals surface area contributed by atoms with Crippen LogP contribution in [0.15, 0.2) is 24.3 Å². The van der Waals surface area contributed by atoms with E-state index in [-0.39, 0.29) is 17.4 Å². The van der Waals surface area contributed by atoms with Crippen LogP contribution in [0.2, 0.25) is 0 Å². The van der Waals surface area contributed by atoms with Crippen LogP contribution in [0.5, 0.6) is 0 Å². The van der Waals surface area contributed by atoms with Crippen molar-refractivity contribution >= 4 is 27.8 Å². The summed E-state index contributed by atoms with van der Waals surface area (Å²) in [6, 6.07) is 6.13. The van der Waals surface area contributed by atoms with Crippen molar-refractivity contribution in [1.82, 2.24) is 4.31 Å². The van der Waals surface area contributed by atoms with E-state index >= 15 is 0 Å². The van der Waals surface area contributed by atoms with Gasteiger partial charge in [-0.05, 0) is 29.9 Å². The smallest absolute Gasteiger partial charge is 0.335 e. The molecule has 0 amide bonds. The van der Waals surface area contributed by atoms with Gasteiger partial charge in [-0.15, -0.1) is 0 Å². The number of carbonyl (C=O) groups is 1. The average Bonchev–Trinajstić information content (AvgIpc) is 2.91. The summed E-state index contributed by atoms with van der Waals surface area (Å²) in [5.74, 6) is 0.597. The molecule has 7 heteroatoms. The molecule has 1 unspecified atom stereocenters. The summed E-state index contributed by atoms with van der Waals surface area (Å²) in [6.45, 7) is 0. The van der Waals surface area contributed by atoms with Crippen molar-refractivity contribution in [3.05, 3.63) is 35.4 Å². The van der Waals surface area contributed by atoms with E-state index in [0.29, 0.717) is 5.56 Å². The minimum Gasteiger partial charge on any atom is -0.478 e. The molecule has 1 fully saturated rings. The normalized spacial score (nSPS) is 19.4. The minimum absolute atomic E-state index is 0.0488. The second-order valence-electron chi connectivity index (χ2n) is 4.80. The molecule has 2 rings (SSSR count). The lowest BCUT2D eigenvalue weighted by Gasteiger charge is -2.23. The first-order valence-corrected chi connectivity index (χ1v) is 9.02. The Balaban J connectivity index is 2.15. The number of nitrogens with zero attached hydrogens (tertiary/aromatic N) is 1. The van der Waals surface area contributed by atoms with Gasteiger partial charge in [0.05, 0.1) is 11.3 Å². The number of thioether (sulfide) groups is 1. The molecule has 0 spiro atoms. The monoisotopic (exact) mass is 315 g/mol. The van der Waals surface area contributed by atoms with Gasteiger partial charge in [-0.1, -0.05) is 12.1 Å². The zero-order chi connectivity index (χ0) is 14.8. The highest BCUT2D eigenvalue weighted by Crippen LogP contribution is 2.24. The van der Waals surface area contributed by atoms with Crippen LogP contribution in [0.1, 0.15) is 22.3 Å². The molecule has 0 aliphatic carbocycles. The van der Waals surface area contributed by atoms with Gasteiger partial charge in [0.1, 0.15) is 0 Å². The molecule has 110 valence electrons. The third-order valence-corrected chi connectivity index (χ3v) is 6.40. The lowest BCUT2D eigenvalue weighted by Crippen LogP contribution is -2.37. The van der Waals surface area contributed by atoms with Crippen LogP contribution in [-0.2, 0) is 15.8 Å². The maximum absolute atomic E-state index is 12.3. The molecule has 0 aromatic heterocycles. The van der Waals surface area contributed by atoms with E-state index in [0.717, 1.165) is 17.9 Å². The SMILES string of the molecule is CN(C1CCSC1)S(=O)(=O)Cc1cccc(C(=O)O)c1. The zero-order valence-electron chi connectivity index (χ0n) is 11.2. The molecular formula is C13H17NO4S2. The van der Waals surface area contributed by atoms with Gasteiger partial charge in [-0.3, -0.25) is 0 Å². The Morgan fingerprint density at radius 2 is 2.25 bits per heavy atom. The number of hydrogen-bond donors (Lipinski definition) is 1. The number of carboxylic acid groups (broad SMARTS) is 1. The lowest BCUT2D eigenvalue weighted by atomic mass is 10.1. The van der Waals surface area contributed by atoms with Crippen LogP contribution in [-0.4, -0.2) is 48.4 Å². The largest absolute Gasteiger partial charge is 0.478 e. The van der Waals surface area contributed by atoms with Crippen molar-refractivity contribution in [2.45, 2.75) is 18.2 Å². The molecule has 1 aliphatic rings. The van der Waals surface area contributed by atoms with Crippen LogP contribution in [0.25, 0.3) is 0 Å². The minimum atomic E-state index is -3.41. The fraction of sp³-hybridized carbons (Fsp3) is 0.462. The summed E-state index contributed by atoms with van der Waals surface area (Å²) in [5.41, 5.74) is 0.610. The number of carboxylic acids is 1. The highest BCUT2D eigenvalue weighted by atomic mass is 32.2. The van der Waals surface area contributed by atoms with Crippen LogP contribution in [0.3, 0.4) is 0 Å². The maximum Gasteiger partial charge on any atom is 0.335 e. The third-order valence-electron chi connectivity index (χ3n) is 3.38. The van der Waals surface area contributed by atoms with E-state index in [4.69, 9.17) is 5.11 Å². The standard InChI is InChI=1S/C13H17NO4S2/c1-14(12-5-6-19-8-12)20(17,18)9-10-3-2-4-11(7-10)13(15)16/h2-4,7,12H,5-6,8-9H2,1H3,(H,15,16). The summed E-state index contributed by atoms with van der Waals surface area (Å²) in [7, 11) is -1.81. The van der Waals surface area contributed by atoms with Crippen molar-refractivity contribution in [2.75, 3.05) is 18.6 Å². The van der Waals surface area contributed by atoms with Crippen LogP contribution < -0.4 is 0 Å². The Kier molecular flexibility index (Phi) is 4.72. The Bertz CT molecular complexity index is 594. The Morgan fingerprint density at radius 3 is 2.85 bits per heavy atom. The molecule has 0 radical (unpaired) electrons. The predicted octanol–water partition coefficient (Wildman–Crippen LogP) is 1.65. The van der Waals surface area contributed by atoms with Crippen molar-refractivity contribution in [1.29, 1.82) is 0 Å². The maximum atomic E-state index is 12.3. The molecular weight excluding hydrogens is 298 g/mol. The first kappa shape index (κ1) is 15.3. The van der Waals surface area contributed by atoms with E-state index in [1.54, 1.807) is 30.9 Å². The van der Waals surface area contributed by atoms with Gasteiger partial charge in [-0.25, -0.2) is 17.5 Å². The number of aromatic carboxylic acids is 1. The third kappa shape index (κ3) is 3.53. The van der Waals surface area contributed by atoms with Crippen molar-refractivity contribution in [2.24, 2.45) is 0 Å². The molecule has 1 saturated heterocycles. The van der Waals surface area contributed by atoms with Gasteiger partial charge in [0, 0.05) is 18.8 Å². The Morgan fingerprint density at radius 1 is 1.50 bits per heavy atom. The Labute approximate surface area is 123 Å². The van der Waals surface area contributed by atoms with E-state index in [9.17, 15) is 13.2 Å². The fourth-order valence-electron chi connectivity index (χ4n) is 2.14. The Hall–Kier alpha value is -1.05. The second kappa shape index (κ2) is 6.15. The van der Waals surface area contributed by atoms with Gasteiger partial charge in [0.2, 0.25) is 10.0 Å². The van der Waals surface area contributed by atoms with E-state index in [1.165, 1.54) is 16.4 Å².